The molecule has 0 spiro atoms. The van der Waals surface area contributed by atoms with Crippen LogP contribution in [0.1, 0.15) is 72.1 Å². The first-order chi connectivity index (χ1) is 7.06. The number of nitrogens with two attached hydrogens (primary N) is 1. The van der Waals surface area contributed by atoms with E-state index in [-0.39, 0.29) is 5.54 Å². The van der Waals surface area contributed by atoms with Gasteiger partial charge in [-0.15, -0.1) is 0 Å². The Kier molecular flexibility index (Phi) is 5.11. The molecule has 2 N–H and O–H groups in total. The Morgan fingerprint density at radius 3 is 2.33 bits per heavy atom. The lowest BCUT2D eigenvalue weighted by atomic mass is 9.72. The van der Waals surface area contributed by atoms with Gasteiger partial charge in [-0.25, -0.2) is 0 Å². The molecule has 0 aromatic carbocycles. The summed E-state index contributed by atoms with van der Waals surface area (Å²) in [5.41, 5.74) is 6.63. The molecule has 0 amide bonds. The summed E-state index contributed by atoms with van der Waals surface area (Å²) in [5.74, 6) is 1.73. The second kappa shape index (κ2) is 5.89. The molecule has 1 nitrogen and oxygen atoms in total. The van der Waals surface area contributed by atoms with Crippen molar-refractivity contribution >= 4 is 0 Å². The van der Waals surface area contributed by atoms with Crippen LogP contribution in [0.3, 0.4) is 0 Å². The van der Waals surface area contributed by atoms with Crippen molar-refractivity contribution in [3.8, 4) is 0 Å². The Morgan fingerprint density at radius 2 is 1.87 bits per heavy atom. The highest BCUT2D eigenvalue weighted by atomic mass is 14.7. The molecule has 0 bridgehead atoms. The molecular formula is C14H29N. The van der Waals surface area contributed by atoms with Crippen LogP contribution in [0.15, 0.2) is 0 Å². The van der Waals surface area contributed by atoms with Crippen LogP contribution in [0.4, 0.5) is 0 Å². The number of unbranched alkanes of at least 4 members (excludes halogenated alkanes) is 1. The fourth-order valence-electron chi connectivity index (χ4n) is 3.05. The average molecular weight is 211 g/mol. The molecule has 0 saturated heterocycles. The van der Waals surface area contributed by atoms with Gasteiger partial charge in [-0.2, -0.15) is 0 Å². The number of hydrogen-bond acceptors (Lipinski definition) is 1. The predicted octanol–water partition coefficient (Wildman–Crippen LogP) is 4.11. The molecule has 1 heteroatoms. The first-order valence-electron chi connectivity index (χ1n) is 6.84. The maximum absolute atomic E-state index is 6.45. The Morgan fingerprint density at radius 1 is 1.27 bits per heavy atom. The highest BCUT2D eigenvalue weighted by molar-refractivity contribution is 4.90. The summed E-state index contributed by atoms with van der Waals surface area (Å²) in [7, 11) is 0. The van der Waals surface area contributed by atoms with E-state index in [0.29, 0.717) is 0 Å². The molecule has 0 radical (unpaired) electrons. The highest BCUT2D eigenvalue weighted by Gasteiger charge is 2.31. The Hall–Kier alpha value is -0.0400. The van der Waals surface area contributed by atoms with Crippen molar-refractivity contribution < 1.29 is 0 Å². The van der Waals surface area contributed by atoms with Crippen LogP contribution in [-0.2, 0) is 0 Å². The average Bonchev–Trinajstić information content (AvgIpc) is 2.15. The van der Waals surface area contributed by atoms with Gasteiger partial charge in [-0.1, -0.05) is 40.0 Å². The molecule has 1 fully saturated rings. The van der Waals surface area contributed by atoms with E-state index in [1.54, 1.807) is 0 Å². The number of rotatable bonds is 5. The van der Waals surface area contributed by atoms with Crippen molar-refractivity contribution in [1.29, 1.82) is 0 Å². The minimum Gasteiger partial charge on any atom is -0.325 e. The van der Waals surface area contributed by atoms with E-state index >= 15 is 0 Å². The van der Waals surface area contributed by atoms with E-state index in [0.717, 1.165) is 11.8 Å². The second-order valence-electron chi connectivity index (χ2n) is 6.05. The molecular weight excluding hydrogens is 182 g/mol. The van der Waals surface area contributed by atoms with Crippen LogP contribution in [0.25, 0.3) is 0 Å². The van der Waals surface area contributed by atoms with E-state index in [2.05, 4.69) is 20.8 Å². The van der Waals surface area contributed by atoms with Gasteiger partial charge in [0.2, 0.25) is 0 Å². The summed E-state index contributed by atoms with van der Waals surface area (Å²) in [4.78, 5) is 0. The van der Waals surface area contributed by atoms with Gasteiger partial charge >= 0.3 is 0 Å². The maximum atomic E-state index is 6.45. The lowest BCUT2D eigenvalue weighted by Gasteiger charge is -2.38. The topological polar surface area (TPSA) is 26.0 Å². The summed E-state index contributed by atoms with van der Waals surface area (Å²) in [6.07, 6.45) is 10.7. The Bertz CT molecular complexity index is 166. The monoisotopic (exact) mass is 211 g/mol. The van der Waals surface area contributed by atoms with Crippen molar-refractivity contribution in [1.82, 2.24) is 0 Å². The van der Waals surface area contributed by atoms with Gasteiger partial charge in [0, 0.05) is 5.54 Å². The lowest BCUT2D eigenvalue weighted by molar-refractivity contribution is 0.195. The zero-order valence-electron chi connectivity index (χ0n) is 10.9. The van der Waals surface area contributed by atoms with Crippen LogP contribution >= 0.6 is 0 Å². The minimum atomic E-state index is 0.177. The quantitative estimate of drug-likeness (QED) is 0.727. The Labute approximate surface area is 95.8 Å². The van der Waals surface area contributed by atoms with Gasteiger partial charge in [0.25, 0.3) is 0 Å². The third kappa shape index (κ3) is 4.55. The molecule has 1 aliphatic carbocycles. The van der Waals surface area contributed by atoms with E-state index in [1.165, 1.54) is 51.4 Å². The molecule has 0 atom stereocenters. The normalized spacial score (nSPS) is 32.2. The third-order valence-corrected chi connectivity index (χ3v) is 3.88. The van der Waals surface area contributed by atoms with Gasteiger partial charge in [0.1, 0.15) is 0 Å². The van der Waals surface area contributed by atoms with Crippen molar-refractivity contribution in [2.75, 3.05) is 0 Å². The molecule has 1 saturated carbocycles. The Balaban J connectivity index is 2.27. The number of hydrogen-bond donors (Lipinski definition) is 1. The van der Waals surface area contributed by atoms with Gasteiger partial charge < -0.3 is 5.73 Å². The molecule has 1 rings (SSSR count). The molecule has 0 aromatic rings. The van der Waals surface area contributed by atoms with Crippen LogP contribution in [0.5, 0.6) is 0 Å². The SMILES string of the molecule is CCCCC1CCC(N)(CC(C)C)CC1. The molecule has 0 heterocycles. The predicted molar refractivity (Wildman–Crippen MR) is 67.9 cm³/mol. The molecule has 1 aliphatic rings. The van der Waals surface area contributed by atoms with Crippen LogP contribution in [-0.4, -0.2) is 5.54 Å². The zero-order valence-corrected chi connectivity index (χ0v) is 10.9. The fraction of sp³-hybridized carbons (Fsp3) is 1.00. The first-order valence-corrected chi connectivity index (χ1v) is 6.84. The molecule has 90 valence electrons. The van der Waals surface area contributed by atoms with Crippen LogP contribution < -0.4 is 5.73 Å². The van der Waals surface area contributed by atoms with Crippen molar-refractivity contribution in [3.63, 3.8) is 0 Å². The molecule has 0 aromatic heterocycles. The minimum absolute atomic E-state index is 0.177. The van der Waals surface area contributed by atoms with Gasteiger partial charge in [0.05, 0.1) is 0 Å². The first kappa shape index (κ1) is 13.0. The summed E-state index contributed by atoms with van der Waals surface area (Å²) in [5, 5.41) is 0. The molecule has 0 aliphatic heterocycles. The van der Waals surface area contributed by atoms with Crippen LogP contribution in [0.2, 0.25) is 0 Å². The zero-order chi connectivity index (χ0) is 11.3. The van der Waals surface area contributed by atoms with Gasteiger partial charge in [-0.05, 0) is 43.9 Å². The van der Waals surface area contributed by atoms with E-state index < -0.39 is 0 Å². The van der Waals surface area contributed by atoms with Crippen molar-refractivity contribution in [2.24, 2.45) is 17.6 Å². The molecule has 15 heavy (non-hydrogen) atoms. The summed E-state index contributed by atoms with van der Waals surface area (Å²) < 4.78 is 0. The summed E-state index contributed by atoms with van der Waals surface area (Å²) in [6.45, 7) is 6.87. The van der Waals surface area contributed by atoms with E-state index in [9.17, 15) is 0 Å². The van der Waals surface area contributed by atoms with Gasteiger partial charge in [0.15, 0.2) is 0 Å². The van der Waals surface area contributed by atoms with E-state index in [1.807, 2.05) is 0 Å². The smallest absolute Gasteiger partial charge is 0.0157 e. The van der Waals surface area contributed by atoms with Crippen LogP contribution in [0, 0.1) is 11.8 Å². The highest BCUT2D eigenvalue weighted by Crippen LogP contribution is 2.36. The van der Waals surface area contributed by atoms with Gasteiger partial charge in [-0.3, -0.25) is 0 Å². The summed E-state index contributed by atoms with van der Waals surface area (Å²) in [6, 6.07) is 0. The van der Waals surface area contributed by atoms with Crippen molar-refractivity contribution in [2.45, 2.75) is 77.7 Å². The standard InChI is InChI=1S/C14H29N/c1-4-5-6-13-7-9-14(15,10-8-13)11-12(2)3/h12-13H,4-11,15H2,1-3H3. The fourth-order valence-corrected chi connectivity index (χ4v) is 3.05. The summed E-state index contributed by atoms with van der Waals surface area (Å²) >= 11 is 0. The third-order valence-electron chi connectivity index (χ3n) is 3.88. The maximum Gasteiger partial charge on any atom is 0.0157 e. The largest absolute Gasteiger partial charge is 0.325 e. The van der Waals surface area contributed by atoms with E-state index in [4.69, 9.17) is 5.73 Å². The lowest BCUT2D eigenvalue weighted by Crippen LogP contribution is -2.44. The second-order valence-corrected chi connectivity index (χ2v) is 6.05. The van der Waals surface area contributed by atoms with Crippen molar-refractivity contribution in [3.05, 3.63) is 0 Å². The molecule has 0 unspecified atom stereocenters.